The monoisotopic (exact) mass is 243 g/mol. The molecule has 1 nitrogen and oxygen atoms in total. The standard InChI is InChI=1S/C11H6F3OS/c12-11(13,14)16(15)10-7-3-5-8-4-1-2-6-9(8)10/h1-6H. The average Bonchev–Trinajstić information content (AvgIpc) is 2.26. The summed E-state index contributed by atoms with van der Waals surface area (Å²) in [5.74, 6) is 0. The summed E-state index contributed by atoms with van der Waals surface area (Å²) >= 11 is -3.03. The van der Waals surface area contributed by atoms with Crippen LogP contribution in [0.1, 0.15) is 0 Å². The molecule has 2 aromatic rings. The highest BCUT2D eigenvalue weighted by atomic mass is 32.2. The summed E-state index contributed by atoms with van der Waals surface area (Å²) in [5, 5.41) is 0.939. The van der Waals surface area contributed by atoms with Gasteiger partial charge in [0.05, 0.1) is 0 Å². The van der Waals surface area contributed by atoms with Crippen molar-refractivity contribution in [1.29, 1.82) is 0 Å². The molecule has 0 aliphatic rings. The SMILES string of the molecule is [O-][S+](c1[c]ccc2ccccc12)C(F)(F)F. The first kappa shape index (κ1) is 11.3. The van der Waals surface area contributed by atoms with E-state index in [4.69, 9.17) is 0 Å². The lowest BCUT2D eigenvalue weighted by molar-refractivity contribution is -0.0434. The van der Waals surface area contributed by atoms with Crippen LogP contribution in [0, 0.1) is 6.07 Å². The molecule has 5 heteroatoms. The first-order valence-corrected chi connectivity index (χ1v) is 5.53. The van der Waals surface area contributed by atoms with Crippen LogP contribution in [-0.4, -0.2) is 10.1 Å². The molecule has 16 heavy (non-hydrogen) atoms. The molecule has 2 aromatic carbocycles. The number of rotatable bonds is 1. The Labute approximate surface area is 93.1 Å². The fourth-order valence-electron chi connectivity index (χ4n) is 1.40. The van der Waals surface area contributed by atoms with Crippen LogP contribution >= 0.6 is 0 Å². The Balaban J connectivity index is 2.61. The minimum absolute atomic E-state index is 0.314. The van der Waals surface area contributed by atoms with Crippen LogP contribution in [0.2, 0.25) is 0 Å². The van der Waals surface area contributed by atoms with Crippen molar-refractivity contribution in [3.63, 3.8) is 0 Å². The van der Waals surface area contributed by atoms with E-state index in [0.717, 1.165) is 0 Å². The lowest BCUT2D eigenvalue weighted by Crippen LogP contribution is -2.23. The fraction of sp³-hybridized carbons (Fsp3) is 0.0909. The normalized spacial score (nSPS) is 14.0. The largest absolute Gasteiger partial charge is 0.604 e. The minimum Gasteiger partial charge on any atom is -0.604 e. The molecule has 1 atom stereocenters. The summed E-state index contributed by atoms with van der Waals surface area (Å²) in [4.78, 5) is -0.314. The third kappa shape index (κ3) is 2.01. The Kier molecular flexibility index (Phi) is 2.82. The predicted octanol–water partition coefficient (Wildman–Crippen LogP) is 3.27. The zero-order chi connectivity index (χ0) is 11.8. The Hall–Kier alpha value is -1.20. The van der Waals surface area contributed by atoms with Crippen LogP contribution in [-0.2, 0) is 11.2 Å². The third-order valence-corrected chi connectivity index (χ3v) is 3.21. The van der Waals surface area contributed by atoms with Crippen molar-refractivity contribution in [2.24, 2.45) is 0 Å². The molecule has 83 valence electrons. The molecule has 0 saturated carbocycles. The second kappa shape index (κ2) is 3.99. The van der Waals surface area contributed by atoms with Crippen molar-refractivity contribution < 1.29 is 17.7 Å². The van der Waals surface area contributed by atoms with Gasteiger partial charge in [0.2, 0.25) is 0 Å². The molecule has 0 N–H and O–H groups in total. The van der Waals surface area contributed by atoms with Crippen LogP contribution in [0.15, 0.2) is 41.3 Å². The Bertz CT molecular complexity index is 505. The number of hydrogen-bond donors (Lipinski definition) is 0. The molecule has 0 amide bonds. The molecule has 1 unspecified atom stereocenters. The quantitative estimate of drug-likeness (QED) is 0.705. The van der Waals surface area contributed by atoms with Crippen LogP contribution in [0.5, 0.6) is 0 Å². The molecule has 0 bridgehead atoms. The first-order chi connectivity index (χ1) is 7.50. The zero-order valence-electron chi connectivity index (χ0n) is 7.91. The second-order valence-electron chi connectivity index (χ2n) is 3.11. The highest BCUT2D eigenvalue weighted by Crippen LogP contribution is 2.33. The van der Waals surface area contributed by atoms with Crippen molar-refractivity contribution in [2.75, 3.05) is 0 Å². The first-order valence-electron chi connectivity index (χ1n) is 4.38. The average molecular weight is 243 g/mol. The molecule has 0 spiro atoms. The maximum Gasteiger partial charge on any atom is 0.578 e. The Morgan fingerprint density at radius 3 is 2.50 bits per heavy atom. The van der Waals surface area contributed by atoms with E-state index in [2.05, 4.69) is 6.07 Å². The van der Waals surface area contributed by atoms with Gasteiger partial charge in [0, 0.05) is 11.5 Å². The smallest absolute Gasteiger partial charge is 0.578 e. The fourth-order valence-corrected chi connectivity index (χ4v) is 2.20. The van der Waals surface area contributed by atoms with Gasteiger partial charge in [-0.25, -0.2) is 0 Å². The van der Waals surface area contributed by atoms with E-state index in [9.17, 15) is 17.7 Å². The van der Waals surface area contributed by atoms with E-state index < -0.39 is 16.7 Å². The summed E-state index contributed by atoms with van der Waals surface area (Å²) in [5.41, 5.74) is -4.75. The topological polar surface area (TPSA) is 23.1 Å². The molecule has 0 heterocycles. The van der Waals surface area contributed by atoms with E-state index in [1.165, 1.54) is 12.1 Å². The zero-order valence-corrected chi connectivity index (χ0v) is 8.73. The predicted molar refractivity (Wildman–Crippen MR) is 55.2 cm³/mol. The maximum absolute atomic E-state index is 12.3. The van der Waals surface area contributed by atoms with E-state index in [1.807, 2.05) is 0 Å². The van der Waals surface area contributed by atoms with Gasteiger partial charge in [-0.2, -0.15) is 0 Å². The van der Waals surface area contributed by atoms with Crippen molar-refractivity contribution >= 4 is 21.9 Å². The van der Waals surface area contributed by atoms with Gasteiger partial charge in [-0.05, 0) is 17.5 Å². The third-order valence-electron chi connectivity index (χ3n) is 2.08. The molecule has 0 aliphatic carbocycles. The van der Waals surface area contributed by atoms with E-state index in [-0.39, 0.29) is 4.90 Å². The van der Waals surface area contributed by atoms with E-state index in [0.29, 0.717) is 10.8 Å². The Morgan fingerprint density at radius 2 is 1.81 bits per heavy atom. The number of hydrogen-bond acceptors (Lipinski definition) is 1. The molecule has 1 radical (unpaired) electrons. The molecular formula is C11H6F3OS. The van der Waals surface area contributed by atoms with Crippen molar-refractivity contribution in [3.05, 3.63) is 42.5 Å². The number of alkyl halides is 3. The summed E-state index contributed by atoms with van der Waals surface area (Å²) in [6.07, 6.45) is 0. The van der Waals surface area contributed by atoms with Gasteiger partial charge in [-0.15, -0.1) is 13.2 Å². The number of benzene rings is 2. The summed E-state index contributed by atoms with van der Waals surface area (Å²) < 4.78 is 48.3. The summed E-state index contributed by atoms with van der Waals surface area (Å²) in [6.45, 7) is 0. The molecule has 0 aromatic heterocycles. The highest BCUT2D eigenvalue weighted by Gasteiger charge is 2.46. The van der Waals surface area contributed by atoms with Crippen LogP contribution < -0.4 is 0 Å². The van der Waals surface area contributed by atoms with Gasteiger partial charge in [0.25, 0.3) is 0 Å². The van der Waals surface area contributed by atoms with Gasteiger partial charge in [0.1, 0.15) is 11.2 Å². The van der Waals surface area contributed by atoms with Gasteiger partial charge < -0.3 is 4.55 Å². The molecule has 2 rings (SSSR count). The number of fused-ring (bicyclic) bond motifs is 1. The Morgan fingerprint density at radius 1 is 1.12 bits per heavy atom. The number of halogens is 3. The second-order valence-corrected chi connectivity index (χ2v) is 4.52. The van der Waals surface area contributed by atoms with Gasteiger partial charge in [0.15, 0.2) is 4.90 Å². The van der Waals surface area contributed by atoms with Gasteiger partial charge in [-0.1, -0.05) is 24.3 Å². The van der Waals surface area contributed by atoms with Crippen molar-refractivity contribution in [1.82, 2.24) is 0 Å². The van der Waals surface area contributed by atoms with Crippen molar-refractivity contribution in [3.8, 4) is 0 Å². The molecule has 0 fully saturated rings. The molecule has 0 saturated heterocycles. The highest BCUT2D eigenvalue weighted by molar-refractivity contribution is 7.92. The van der Waals surface area contributed by atoms with Gasteiger partial charge >= 0.3 is 5.51 Å². The van der Waals surface area contributed by atoms with Gasteiger partial charge in [-0.3, -0.25) is 0 Å². The van der Waals surface area contributed by atoms with Crippen LogP contribution in [0.25, 0.3) is 10.8 Å². The molecular weight excluding hydrogens is 237 g/mol. The van der Waals surface area contributed by atoms with E-state index in [1.54, 1.807) is 24.3 Å². The summed E-state index contributed by atoms with van der Waals surface area (Å²) in [6, 6.07) is 11.9. The van der Waals surface area contributed by atoms with Crippen LogP contribution in [0.4, 0.5) is 13.2 Å². The maximum atomic E-state index is 12.3. The lowest BCUT2D eigenvalue weighted by Gasteiger charge is -2.13. The van der Waals surface area contributed by atoms with Crippen molar-refractivity contribution in [2.45, 2.75) is 10.4 Å². The minimum atomic E-state index is -4.75. The lowest BCUT2D eigenvalue weighted by atomic mass is 10.1. The van der Waals surface area contributed by atoms with E-state index >= 15 is 0 Å². The van der Waals surface area contributed by atoms with Crippen LogP contribution in [0.3, 0.4) is 0 Å². The molecule has 0 aliphatic heterocycles. The summed E-state index contributed by atoms with van der Waals surface area (Å²) in [7, 11) is 0.